The van der Waals surface area contributed by atoms with Gasteiger partial charge in [0, 0.05) is 5.69 Å². The van der Waals surface area contributed by atoms with E-state index in [4.69, 9.17) is 0 Å². The third-order valence-corrected chi connectivity index (χ3v) is 3.42. The molecule has 6 heteroatoms. The van der Waals surface area contributed by atoms with E-state index in [1.54, 1.807) is 0 Å². The topological polar surface area (TPSA) is 66.9 Å². The first kappa shape index (κ1) is 13.5. The minimum Gasteiger partial charge on any atom is -0.374 e. The van der Waals surface area contributed by atoms with E-state index in [9.17, 15) is 4.79 Å². The molecule has 0 aliphatic carbocycles. The van der Waals surface area contributed by atoms with Gasteiger partial charge < -0.3 is 5.32 Å². The number of aryl methyl sites for hydroxylation is 2. The lowest BCUT2D eigenvalue weighted by atomic mass is 10.2. The summed E-state index contributed by atoms with van der Waals surface area (Å²) in [6.07, 6.45) is 0. The number of hydrogen-bond donors (Lipinski definition) is 2. The second-order valence-electron chi connectivity index (χ2n) is 4.30. The molecule has 19 heavy (non-hydrogen) atoms. The number of carbonyl (C=O) groups excluding carboxylic acids is 1. The summed E-state index contributed by atoms with van der Waals surface area (Å²) in [5.74, 6) is -0.126. The highest BCUT2D eigenvalue weighted by Gasteiger charge is 2.15. The fourth-order valence-corrected chi connectivity index (χ4v) is 2.19. The standard InChI is InChI=1S/C13H16N4OS/c1-8-6-4-5-7-11(8)14-9(2)12(18)15-13-17-16-10(3)19-13/h4-7,9,14H,1-3H3,(H,15,17,18). The zero-order valence-electron chi connectivity index (χ0n) is 11.1. The Morgan fingerprint density at radius 2 is 2.00 bits per heavy atom. The van der Waals surface area contributed by atoms with E-state index in [0.29, 0.717) is 5.13 Å². The van der Waals surface area contributed by atoms with E-state index in [2.05, 4.69) is 20.8 Å². The number of amides is 1. The molecule has 0 bridgehead atoms. The molecular weight excluding hydrogens is 260 g/mol. The van der Waals surface area contributed by atoms with Crippen molar-refractivity contribution in [1.82, 2.24) is 10.2 Å². The molecule has 0 spiro atoms. The zero-order valence-corrected chi connectivity index (χ0v) is 11.9. The van der Waals surface area contributed by atoms with Crippen LogP contribution in [-0.4, -0.2) is 22.1 Å². The molecule has 1 heterocycles. The second-order valence-corrected chi connectivity index (χ2v) is 5.48. The van der Waals surface area contributed by atoms with Crippen molar-refractivity contribution in [2.24, 2.45) is 0 Å². The van der Waals surface area contributed by atoms with Crippen molar-refractivity contribution in [2.45, 2.75) is 26.8 Å². The largest absolute Gasteiger partial charge is 0.374 e. The van der Waals surface area contributed by atoms with Crippen molar-refractivity contribution in [2.75, 3.05) is 10.6 Å². The van der Waals surface area contributed by atoms with Gasteiger partial charge >= 0.3 is 0 Å². The Balaban J connectivity index is 1.98. The van der Waals surface area contributed by atoms with Crippen molar-refractivity contribution in [1.29, 1.82) is 0 Å². The molecule has 5 nitrogen and oxygen atoms in total. The summed E-state index contributed by atoms with van der Waals surface area (Å²) < 4.78 is 0. The summed E-state index contributed by atoms with van der Waals surface area (Å²) in [7, 11) is 0. The minimum atomic E-state index is -0.342. The highest BCUT2D eigenvalue weighted by molar-refractivity contribution is 7.15. The van der Waals surface area contributed by atoms with Crippen molar-refractivity contribution in [3.05, 3.63) is 34.8 Å². The van der Waals surface area contributed by atoms with Gasteiger partial charge in [-0.1, -0.05) is 29.5 Å². The molecule has 0 radical (unpaired) electrons. The lowest BCUT2D eigenvalue weighted by Gasteiger charge is -2.15. The Morgan fingerprint density at radius 1 is 1.26 bits per heavy atom. The molecule has 0 aliphatic rings. The van der Waals surface area contributed by atoms with Gasteiger partial charge in [0.15, 0.2) is 0 Å². The van der Waals surface area contributed by atoms with Crippen LogP contribution in [0.15, 0.2) is 24.3 Å². The van der Waals surface area contributed by atoms with Gasteiger partial charge in [0.1, 0.15) is 11.0 Å². The summed E-state index contributed by atoms with van der Waals surface area (Å²) in [5, 5.41) is 15.0. The molecular formula is C13H16N4OS. The van der Waals surface area contributed by atoms with Crippen molar-refractivity contribution >= 4 is 28.1 Å². The van der Waals surface area contributed by atoms with Gasteiger partial charge in [-0.25, -0.2) is 0 Å². The summed E-state index contributed by atoms with van der Waals surface area (Å²) >= 11 is 1.36. The highest BCUT2D eigenvalue weighted by Crippen LogP contribution is 2.16. The average Bonchev–Trinajstić information content (AvgIpc) is 2.77. The van der Waals surface area contributed by atoms with Gasteiger partial charge in [-0.3, -0.25) is 10.1 Å². The third-order valence-electron chi connectivity index (χ3n) is 2.67. The lowest BCUT2D eigenvalue weighted by Crippen LogP contribution is -2.32. The Bertz CT molecular complexity index is 582. The predicted octanol–water partition coefficient (Wildman–Crippen LogP) is 2.59. The number of hydrogen-bond acceptors (Lipinski definition) is 5. The summed E-state index contributed by atoms with van der Waals surface area (Å²) in [5.41, 5.74) is 2.06. The fraction of sp³-hybridized carbons (Fsp3) is 0.308. The molecule has 100 valence electrons. The first-order valence-electron chi connectivity index (χ1n) is 5.99. The van der Waals surface area contributed by atoms with Crippen LogP contribution in [0, 0.1) is 13.8 Å². The van der Waals surface area contributed by atoms with Gasteiger partial charge in [-0.15, -0.1) is 10.2 Å². The molecule has 2 aromatic rings. The number of aromatic nitrogens is 2. The Hall–Kier alpha value is -1.95. The van der Waals surface area contributed by atoms with E-state index >= 15 is 0 Å². The quantitative estimate of drug-likeness (QED) is 0.900. The van der Waals surface area contributed by atoms with Crippen LogP contribution in [0.1, 0.15) is 17.5 Å². The first-order valence-corrected chi connectivity index (χ1v) is 6.81. The van der Waals surface area contributed by atoms with Crippen LogP contribution < -0.4 is 10.6 Å². The van der Waals surface area contributed by atoms with E-state index in [1.807, 2.05) is 45.0 Å². The van der Waals surface area contributed by atoms with Crippen LogP contribution in [0.5, 0.6) is 0 Å². The number of nitrogens with zero attached hydrogens (tertiary/aromatic N) is 2. The molecule has 0 aliphatic heterocycles. The molecule has 1 aromatic carbocycles. The number of para-hydroxylation sites is 1. The summed E-state index contributed by atoms with van der Waals surface area (Å²) in [6, 6.07) is 7.52. The summed E-state index contributed by atoms with van der Waals surface area (Å²) in [4.78, 5) is 12.0. The Morgan fingerprint density at radius 3 is 2.63 bits per heavy atom. The van der Waals surface area contributed by atoms with E-state index in [0.717, 1.165) is 16.3 Å². The maximum absolute atomic E-state index is 12.0. The van der Waals surface area contributed by atoms with Gasteiger partial charge in [0.05, 0.1) is 0 Å². The smallest absolute Gasteiger partial charge is 0.248 e. The number of anilines is 2. The van der Waals surface area contributed by atoms with Crippen LogP contribution >= 0.6 is 11.3 Å². The minimum absolute atomic E-state index is 0.126. The second kappa shape index (κ2) is 5.79. The van der Waals surface area contributed by atoms with Crippen LogP contribution in [0.3, 0.4) is 0 Å². The van der Waals surface area contributed by atoms with Crippen LogP contribution in [0.2, 0.25) is 0 Å². The summed E-state index contributed by atoms with van der Waals surface area (Å²) in [6.45, 7) is 5.67. The van der Waals surface area contributed by atoms with Crippen molar-refractivity contribution in [3.8, 4) is 0 Å². The van der Waals surface area contributed by atoms with Gasteiger partial charge in [-0.2, -0.15) is 0 Å². The molecule has 1 atom stereocenters. The van der Waals surface area contributed by atoms with Crippen LogP contribution in [0.4, 0.5) is 10.8 Å². The van der Waals surface area contributed by atoms with Crippen LogP contribution in [-0.2, 0) is 4.79 Å². The zero-order chi connectivity index (χ0) is 13.8. The number of carbonyl (C=O) groups is 1. The third kappa shape index (κ3) is 3.51. The van der Waals surface area contributed by atoms with Crippen LogP contribution in [0.25, 0.3) is 0 Å². The van der Waals surface area contributed by atoms with E-state index in [-0.39, 0.29) is 11.9 Å². The molecule has 2 N–H and O–H groups in total. The molecule has 2 rings (SSSR count). The molecule has 0 saturated carbocycles. The lowest BCUT2D eigenvalue weighted by molar-refractivity contribution is -0.116. The Labute approximate surface area is 116 Å². The molecule has 1 amide bonds. The van der Waals surface area contributed by atoms with Crippen molar-refractivity contribution in [3.63, 3.8) is 0 Å². The SMILES string of the molecule is Cc1nnc(NC(=O)C(C)Nc2ccccc2C)s1. The number of nitrogens with one attached hydrogen (secondary N) is 2. The molecule has 1 unspecified atom stereocenters. The highest BCUT2D eigenvalue weighted by atomic mass is 32.1. The van der Waals surface area contributed by atoms with Crippen molar-refractivity contribution < 1.29 is 4.79 Å². The molecule has 1 aromatic heterocycles. The van der Waals surface area contributed by atoms with Gasteiger partial charge in [0.25, 0.3) is 0 Å². The van der Waals surface area contributed by atoms with E-state index in [1.165, 1.54) is 11.3 Å². The predicted molar refractivity (Wildman–Crippen MR) is 77.5 cm³/mol. The monoisotopic (exact) mass is 276 g/mol. The maximum atomic E-state index is 12.0. The normalized spacial score (nSPS) is 11.9. The maximum Gasteiger partial charge on any atom is 0.248 e. The number of rotatable bonds is 4. The number of benzene rings is 1. The molecule has 0 fully saturated rings. The average molecular weight is 276 g/mol. The van der Waals surface area contributed by atoms with Gasteiger partial charge in [-0.05, 0) is 32.4 Å². The van der Waals surface area contributed by atoms with E-state index < -0.39 is 0 Å². The fourth-order valence-electron chi connectivity index (χ4n) is 1.59. The Kier molecular flexibility index (Phi) is 4.11. The first-order chi connectivity index (χ1) is 9.06. The van der Waals surface area contributed by atoms with Gasteiger partial charge in [0.2, 0.25) is 11.0 Å². The molecule has 0 saturated heterocycles.